The van der Waals surface area contributed by atoms with Gasteiger partial charge in [0, 0.05) is 15.8 Å². The Morgan fingerprint density at radius 1 is 1.06 bits per heavy atom. The number of anilines is 1. The van der Waals surface area contributed by atoms with Gasteiger partial charge in [0.1, 0.15) is 5.00 Å². The lowest BCUT2D eigenvalue weighted by atomic mass is 10.0. The second-order valence-electron chi connectivity index (χ2n) is 8.15. The summed E-state index contributed by atoms with van der Waals surface area (Å²) in [5, 5.41) is 4.25. The molecule has 1 amide bonds. The van der Waals surface area contributed by atoms with Crippen LogP contribution in [0.3, 0.4) is 0 Å². The summed E-state index contributed by atoms with van der Waals surface area (Å²) in [4.78, 5) is 32.0. The van der Waals surface area contributed by atoms with Gasteiger partial charge in [-0.1, -0.05) is 18.2 Å². The molecule has 8 heteroatoms. The fourth-order valence-corrected chi connectivity index (χ4v) is 5.82. The van der Waals surface area contributed by atoms with E-state index in [4.69, 9.17) is 19.2 Å². The van der Waals surface area contributed by atoms with Crippen LogP contribution in [0.25, 0.3) is 22.2 Å². The topological polar surface area (TPSA) is 86.8 Å². The maximum absolute atomic E-state index is 13.6. The van der Waals surface area contributed by atoms with Gasteiger partial charge in [-0.2, -0.15) is 0 Å². The number of carbonyl (C=O) groups excluding carboxylic acids is 2. The molecule has 7 nitrogen and oxygen atoms in total. The molecule has 0 saturated heterocycles. The first-order chi connectivity index (χ1) is 16.6. The Hall–Kier alpha value is -3.91. The predicted octanol–water partition coefficient (Wildman–Crippen LogP) is 5.22. The van der Waals surface area contributed by atoms with Crippen LogP contribution in [0.4, 0.5) is 5.00 Å². The first kappa shape index (κ1) is 20.7. The summed E-state index contributed by atoms with van der Waals surface area (Å²) in [6.07, 6.45) is 2.73. The van der Waals surface area contributed by atoms with Gasteiger partial charge in [0.05, 0.1) is 29.4 Å². The fourth-order valence-electron chi connectivity index (χ4n) is 4.55. The third-order valence-electron chi connectivity index (χ3n) is 6.17. The van der Waals surface area contributed by atoms with E-state index in [0.29, 0.717) is 38.8 Å². The Balaban J connectivity index is 1.43. The van der Waals surface area contributed by atoms with Crippen molar-refractivity contribution >= 4 is 39.1 Å². The number of pyridine rings is 1. The van der Waals surface area contributed by atoms with Crippen molar-refractivity contribution in [2.24, 2.45) is 0 Å². The minimum atomic E-state index is -0.421. The maximum Gasteiger partial charge on any atom is 0.341 e. The number of nitrogens with one attached hydrogen (secondary N) is 1. The average molecular weight is 473 g/mol. The van der Waals surface area contributed by atoms with Crippen molar-refractivity contribution in [2.45, 2.75) is 19.3 Å². The monoisotopic (exact) mass is 472 g/mol. The zero-order chi connectivity index (χ0) is 23.2. The van der Waals surface area contributed by atoms with Crippen LogP contribution in [-0.4, -0.2) is 30.8 Å². The number of hydrogen-bond acceptors (Lipinski definition) is 7. The van der Waals surface area contributed by atoms with E-state index in [9.17, 15) is 9.59 Å². The molecule has 0 fully saturated rings. The fraction of sp³-hybridized carbons (Fsp3) is 0.192. The normalized spacial score (nSPS) is 13.7. The molecule has 170 valence electrons. The second kappa shape index (κ2) is 8.14. The molecule has 0 saturated carbocycles. The number of hydrogen-bond donors (Lipinski definition) is 1. The Morgan fingerprint density at radius 2 is 1.91 bits per heavy atom. The number of methoxy groups -OCH3 is 1. The minimum Gasteiger partial charge on any atom is -0.465 e. The van der Waals surface area contributed by atoms with Gasteiger partial charge in [-0.15, -0.1) is 11.3 Å². The lowest BCUT2D eigenvalue weighted by molar-refractivity contribution is 0.0601. The first-order valence-electron chi connectivity index (χ1n) is 11.0. The molecule has 3 heterocycles. The van der Waals surface area contributed by atoms with Crippen molar-refractivity contribution in [3.8, 4) is 22.8 Å². The molecule has 1 aliphatic heterocycles. The van der Waals surface area contributed by atoms with E-state index >= 15 is 0 Å². The lowest BCUT2D eigenvalue weighted by Crippen LogP contribution is -2.15. The smallest absolute Gasteiger partial charge is 0.341 e. The van der Waals surface area contributed by atoms with Crippen molar-refractivity contribution in [3.63, 3.8) is 0 Å². The van der Waals surface area contributed by atoms with Gasteiger partial charge in [-0.3, -0.25) is 4.79 Å². The molecule has 4 aromatic rings. The third kappa shape index (κ3) is 3.38. The highest BCUT2D eigenvalue weighted by molar-refractivity contribution is 7.17. The van der Waals surface area contributed by atoms with Crippen molar-refractivity contribution in [1.82, 2.24) is 4.98 Å². The van der Waals surface area contributed by atoms with Gasteiger partial charge in [0.15, 0.2) is 11.5 Å². The summed E-state index contributed by atoms with van der Waals surface area (Å²) in [5.41, 5.74) is 4.10. The number of benzene rings is 2. The number of carbonyl (C=O) groups is 2. The van der Waals surface area contributed by atoms with E-state index in [2.05, 4.69) is 5.32 Å². The summed E-state index contributed by atoms with van der Waals surface area (Å²) < 4.78 is 15.9. The van der Waals surface area contributed by atoms with E-state index in [-0.39, 0.29) is 12.7 Å². The van der Waals surface area contributed by atoms with Crippen LogP contribution in [0.15, 0.2) is 48.5 Å². The van der Waals surface area contributed by atoms with Gasteiger partial charge in [0.2, 0.25) is 6.79 Å². The number of ether oxygens (including phenoxy) is 3. The molecule has 0 atom stereocenters. The molecule has 0 radical (unpaired) electrons. The van der Waals surface area contributed by atoms with Gasteiger partial charge < -0.3 is 19.5 Å². The van der Waals surface area contributed by atoms with E-state index in [1.165, 1.54) is 18.4 Å². The molecule has 2 aliphatic rings. The number of nitrogens with zero attached hydrogens (tertiary/aromatic N) is 1. The van der Waals surface area contributed by atoms with Crippen LogP contribution in [0.5, 0.6) is 11.5 Å². The summed E-state index contributed by atoms with van der Waals surface area (Å²) in [7, 11) is 1.36. The van der Waals surface area contributed by atoms with E-state index in [1.807, 2.05) is 42.5 Å². The number of aromatic nitrogens is 1. The number of thiophene rings is 1. The maximum atomic E-state index is 13.6. The van der Waals surface area contributed by atoms with Gasteiger partial charge >= 0.3 is 5.97 Å². The highest BCUT2D eigenvalue weighted by Crippen LogP contribution is 2.40. The summed E-state index contributed by atoms with van der Waals surface area (Å²) in [6, 6.07) is 14.9. The summed E-state index contributed by atoms with van der Waals surface area (Å²) in [5.74, 6) is 0.610. The zero-order valence-corrected chi connectivity index (χ0v) is 19.2. The molecule has 0 spiro atoms. The number of rotatable bonds is 4. The van der Waals surface area contributed by atoms with E-state index in [1.54, 1.807) is 6.07 Å². The molecule has 34 heavy (non-hydrogen) atoms. The van der Waals surface area contributed by atoms with Crippen LogP contribution < -0.4 is 14.8 Å². The Labute approximate surface area is 199 Å². The van der Waals surface area contributed by atoms with Crippen LogP contribution in [0.2, 0.25) is 0 Å². The average Bonchev–Trinajstić information content (AvgIpc) is 3.58. The van der Waals surface area contributed by atoms with Crippen LogP contribution in [0.1, 0.15) is 37.6 Å². The second-order valence-corrected chi connectivity index (χ2v) is 9.25. The molecule has 6 rings (SSSR count). The van der Waals surface area contributed by atoms with Crippen LogP contribution >= 0.6 is 11.3 Å². The third-order valence-corrected chi connectivity index (χ3v) is 7.37. The quantitative estimate of drug-likeness (QED) is 0.410. The molecule has 2 aromatic heterocycles. The van der Waals surface area contributed by atoms with Crippen LogP contribution in [0, 0.1) is 0 Å². The van der Waals surface area contributed by atoms with Crippen molar-refractivity contribution in [3.05, 3.63) is 70.1 Å². The Kier molecular flexibility index (Phi) is 4.95. The molecular formula is C26H20N2O5S. The molecule has 1 N–H and O–H groups in total. The predicted molar refractivity (Wildman–Crippen MR) is 129 cm³/mol. The molecule has 0 bridgehead atoms. The van der Waals surface area contributed by atoms with Gasteiger partial charge in [-0.05, 0) is 55.2 Å². The SMILES string of the molecule is COC(=O)c1c(NC(=O)c2cc(-c3ccc4c(c3)OCO4)nc3ccccc23)sc2c1CCC2. The summed E-state index contributed by atoms with van der Waals surface area (Å²) >= 11 is 1.46. The highest BCUT2D eigenvalue weighted by Gasteiger charge is 2.28. The van der Waals surface area contributed by atoms with Gasteiger partial charge in [0.25, 0.3) is 5.91 Å². The minimum absolute atomic E-state index is 0.185. The van der Waals surface area contributed by atoms with E-state index in [0.717, 1.165) is 40.7 Å². The number of para-hydroxylation sites is 1. The van der Waals surface area contributed by atoms with Crippen molar-refractivity contribution in [2.75, 3.05) is 19.2 Å². The number of esters is 1. The van der Waals surface area contributed by atoms with Crippen LogP contribution in [-0.2, 0) is 17.6 Å². The molecular weight excluding hydrogens is 452 g/mol. The highest BCUT2D eigenvalue weighted by atomic mass is 32.1. The largest absolute Gasteiger partial charge is 0.465 e. The standard InChI is InChI=1S/C26H20N2O5S/c1-31-26(30)23-16-6-4-8-22(16)34-25(23)28-24(29)17-12-19(27-18-7-3-2-5-15(17)18)14-9-10-20-21(11-14)33-13-32-20/h2-3,5,7,9-12H,4,6,8,13H2,1H3,(H,28,29). The molecule has 1 aliphatic carbocycles. The van der Waals surface area contributed by atoms with Gasteiger partial charge in [-0.25, -0.2) is 9.78 Å². The molecule has 2 aromatic carbocycles. The lowest BCUT2D eigenvalue weighted by Gasteiger charge is -2.11. The number of aryl methyl sites for hydroxylation is 1. The summed E-state index contributed by atoms with van der Waals surface area (Å²) in [6.45, 7) is 0.185. The van der Waals surface area contributed by atoms with E-state index < -0.39 is 5.97 Å². The number of fused-ring (bicyclic) bond motifs is 3. The zero-order valence-electron chi connectivity index (χ0n) is 18.3. The first-order valence-corrected chi connectivity index (χ1v) is 11.8. The van der Waals surface area contributed by atoms with Crippen molar-refractivity contribution < 1.29 is 23.8 Å². The number of amides is 1. The van der Waals surface area contributed by atoms with Crippen molar-refractivity contribution in [1.29, 1.82) is 0 Å². The Bertz CT molecular complexity index is 1480. The molecule has 0 unspecified atom stereocenters. The Morgan fingerprint density at radius 3 is 2.79 bits per heavy atom.